The Morgan fingerprint density at radius 2 is 2.04 bits per heavy atom. The number of thiophene rings is 1. The van der Waals surface area contributed by atoms with Crippen LogP contribution in [-0.4, -0.2) is 36.3 Å². The van der Waals surface area contributed by atoms with E-state index in [4.69, 9.17) is 0 Å². The number of nitrogens with zero attached hydrogens (tertiary/aromatic N) is 5. The molecule has 26 heavy (non-hydrogen) atoms. The van der Waals surface area contributed by atoms with Crippen molar-refractivity contribution in [3.63, 3.8) is 0 Å². The van der Waals surface area contributed by atoms with E-state index in [0.717, 1.165) is 37.8 Å². The van der Waals surface area contributed by atoms with Crippen LogP contribution in [0.15, 0.2) is 11.1 Å². The quantitative estimate of drug-likeness (QED) is 0.572. The van der Waals surface area contributed by atoms with Crippen LogP contribution in [0, 0.1) is 20.8 Å². The topological polar surface area (TPSA) is 101 Å². The maximum atomic E-state index is 12.3. The fourth-order valence-corrected chi connectivity index (χ4v) is 4.18. The van der Waals surface area contributed by atoms with E-state index in [1.54, 1.807) is 16.0 Å². The molecule has 0 spiro atoms. The lowest BCUT2D eigenvalue weighted by Gasteiger charge is -2.06. The summed E-state index contributed by atoms with van der Waals surface area (Å²) in [6, 6.07) is 0. The Bertz CT molecular complexity index is 1190. The van der Waals surface area contributed by atoms with Gasteiger partial charge in [0, 0.05) is 24.9 Å². The Morgan fingerprint density at radius 1 is 1.23 bits per heavy atom. The zero-order valence-corrected chi connectivity index (χ0v) is 15.9. The van der Waals surface area contributed by atoms with Gasteiger partial charge in [0.15, 0.2) is 5.65 Å². The first kappa shape index (κ1) is 16.6. The van der Waals surface area contributed by atoms with Crippen molar-refractivity contribution in [3.8, 4) is 0 Å². The van der Waals surface area contributed by atoms with Crippen molar-refractivity contribution in [1.82, 2.24) is 29.7 Å². The average Bonchev–Trinajstić information content (AvgIpc) is 3.05. The Hall–Kier alpha value is -2.81. The molecule has 0 aromatic carbocycles. The molecule has 2 N–H and O–H groups in total. The van der Waals surface area contributed by atoms with Crippen molar-refractivity contribution in [2.75, 3.05) is 11.9 Å². The molecular formula is C17H19N7OS. The van der Waals surface area contributed by atoms with Crippen molar-refractivity contribution in [3.05, 3.63) is 38.6 Å². The second-order valence-electron chi connectivity index (χ2n) is 6.28. The van der Waals surface area contributed by atoms with Gasteiger partial charge in [0.1, 0.15) is 22.8 Å². The van der Waals surface area contributed by atoms with Gasteiger partial charge in [0.05, 0.1) is 16.5 Å². The first-order valence-corrected chi connectivity index (χ1v) is 9.14. The van der Waals surface area contributed by atoms with Gasteiger partial charge >= 0.3 is 0 Å². The normalized spacial score (nSPS) is 11.5. The number of rotatable bonds is 4. The highest BCUT2D eigenvalue weighted by molar-refractivity contribution is 7.18. The summed E-state index contributed by atoms with van der Waals surface area (Å²) in [5.74, 6) is 1.41. The third-order valence-corrected chi connectivity index (χ3v) is 5.64. The third-order valence-electron chi connectivity index (χ3n) is 4.54. The minimum absolute atomic E-state index is 0.0700. The molecule has 0 atom stereocenters. The van der Waals surface area contributed by atoms with Gasteiger partial charge in [0.25, 0.3) is 5.56 Å². The smallest absolute Gasteiger partial charge is 0.259 e. The van der Waals surface area contributed by atoms with Crippen LogP contribution < -0.4 is 10.9 Å². The van der Waals surface area contributed by atoms with Crippen molar-refractivity contribution >= 4 is 38.4 Å². The standard InChI is InChI=1S/C17H19N7OS/c1-8-10(3)26-17-12(8)16(25)21-11(22-17)5-6-18-14-13-9(2)23-24(4)15(13)20-7-19-14/h7H,5-6H2,1-4H3,(H,18,19,20)(H,21,22,25). The zero-order valence-electron chi connectivity index (χ0n) is 15.0. The van der Waals surface area contributed by atoms with Crippen LogP contribution in [0.1, 0.15) is 22.0 Å². The number of fused-ring (bicyclic) bond motifs is 2. The number of aromatic amines is 1. The van der Waals surface area contributed by atoms with E-state index < -0.39 is 0 Å². The maximum absolute atomic E-state index is 12.3. The first-order chi connectivity index (χ1) is 12.5. The molecule has 9 heteroatoms. The van der Waals surface area contributed by atoms with E-state index in [-0.39, 0.29) is 5.56 Å². The molecular weight excluding hydrogens is 350 g/mol. The maximum Gasteiger partial charge on any atom is 0.259 e. The molecule has 0 unspecified atom stereocenters. The van der Waals surface area contributed by atoms with Gasteiger partial charge in [-0.3, -0.25) is 9.48 Å². The third kappa shape index (κ3) is 2.64. The lowest BCUT2D eigenvalue weighted by Crippen LogP contribution is -2.15. The molecule has 0 aliphatic rings. The van der Waals surface area contributed by atoms with Gasteiger partial charge in [-0.15, -0.1) is 11.3 Å². The molecule has 134 valence electrons. The SMILES string of the molecule is Cc1sc2nc(CCNc3ncnc4c3c(C)nn4C)[nH]c(=O)c2c1C. The highest BCUT2D eigenvalue weighted by Gasteiger charge is 2.13. The minimum atomic E-state index is -0.0700. The summed E-state index contributed by atoms with van der Waals surface area (Å²) < 4.78 is 1.74. The number of nitrogens with one attached hydrogen (secondary N) is 2. The fourth-order valence-electron chi connectivity index (χ4n) is 3.13. The van der Waals surface area contributed by atoms with Gasteiger partial charge in [0.2, 0.25) is 0 Å². The number of anilines is 1. The molecule has 8 nitrogen and oxygen atoms in total. The highest BCUT2D eigenvalue weighted by Crippen LogP contribution is 2.26. The van der Waals surface area contributed by atoms with Crippen LogP contribution in [0.2, 0.25) is 0 Å². The molecule has 0 saturated carbocycles. The van der Waals surface area contributed by atoms with Crippen LogP contribution >= 0.6 is 11.3 Å². The van der Waals surface area contributed by atoms with Gasteiger partial charge in [-0.25, -0.2) is 15.0 Å². The number of aromatic nitrogens is 6. The van der Waals surface area contributed by atoms with Crippen LogP contribution in [0.5, 0.6) is 0 Å². The molecule has 0 aliphatic carbocycles. The highest BCUT2D eigenvalue weighted by atomic mass is 32.1. The Morgan fingerprint density at radius 3 is 2.85 bits per heavy atom. The second kappa shape index (κ2) is 6.17. The van der Waals surface area contributed by atoms with Crippen LogP contribution in [0.4, 0.5) is 5.82 Å². The molecule has 4 heterocycles. The predicted octanol–water partition coefficient (Wildman–Crippen LogP) is 2.24. The molecule has 0 saturated heterocycles. The zero-order chi connectivity index (χ0) is 18.4. The summed E-state index contributed by atoms with van der Waals surface area (Å²) in [6.07, 6.45) is 2.11. The summed E-state index contributed by atoms with van der Waals surface area (Å²) in [7, 11) is 1.86. The van der Waals surface area contributed by atoms with E-state index >= 15 is 0 Å². The first-order valence-electron chi connectivity index (χ1n) is 8.32. The molecule has 0 aliphatic heterocycles. The molecule has 4 aromatic heterocycles. The number of hydrogen-bond acceptors (Lipinski definition) is 7. The van der Waals surface area contributed by atoms with E-state index in [1.807, 2.05) is 27.8 Å². The lowest BCUT2D eigenvalue weighted by molar-refractivity contribution is 0.773. The molecule has 4 aromatic rings. The summed E-state index contributed by atoms with van der Waals surface area (Å²) in [6.45, 7) is 6.51. The number of H-pyrrole nitrogens is 1. The van der Waals surface area contributed by atoms with E-state index in [9.17, 15) is 4.79 Å². The Balaban J connectivity index is 1.57. The molecule has 0 amide bonds. The number of aryl methyl sites for hydroxylation is 4. The van der Waals surface area contributed by atoms with Crippen LogP contribution in [0.25, 0.3) is 21.3 Å². The Kier molecular flexibility index (Phi) is 3.95. The predicted molar refractivity (Wildman–Crippen MR) is 103 cm³/mol. The minimum Gasteiger partial charge on any atom is -0.369 e. The van der Waals surface area contributed by atoms with Gasteiger partial charge < -0.3 is 10.3 Å². The summed E-state index contributed by atoms with van der Waals surface area (Å²) in [5.41, 5.74) is 2.61. The van der Waals surface area contributed by atoms with Crippen LogP contribution in [-0.2, 0) is 13.5 Å². The fraction of sp³-hybridized carbons (Fsp3) is 0.353. The summed E-state index contributed by atoms with van der Waals surface area (Å²) in [5, 5.41) is 9.32. The largest absolute Gasteiger partial charge is 0.369 e. The second-order valence-corrected chi connectivity index (χ2v) is 7.49. The molecule has 0 radical (unpaired) electrons. The lowest BCUT2D eigenvalue weighted by atomic mass is 10.2. The van der Waals surface area contributed by atoms with E-state index in [2.05, 4.69) is 30.4 Å². The van der Waals surface area contributed by atoms with Crippen molar-refractivity contribution < 1.29 is 0 Å². The number of hydrogen-bond donors (Lipinski definition) is 2. The van der Waals surface area contributed by atoms with Gasteiger partial charge in [-0.2, -0.15) is 5.10 Å². The summed E-state index contributed by atoms with van der Waals surface area (Å²) in [4.78, 5) is 30.4. The van der Waals surface area contributed by atoms with Crippen molar-refractivity contribution in [2.45, 2.75) is 27.2 Å². The van der Waals surface area contributed by atoms with E-state index in [1.165, 1.54) is 6.33 Å². The van der Waals surface area contributed by atoms with Gasteiger partial charge in [-0.05, 0) is 26.3 Å². The molecule has 0 bridgehead atoms. The molecule has 0 fully saturated rings. The molecule has 4 rings (SSSR count). The van der Waals surface area contributed by atoms with Crippen molar-refractivity contribution in [2.24, 2.45) is 7.05 Å². The average molecular weight is 369 g/mol. The Labute approximate surface area is 153 Å². The van der Waals surface area contributed by atoms with E-state index in [0.29, 0.717) is 24.2 Å². The summed E-state index contributed by atoms with van der Waals surface area (Å²) >= 11 is 1.56. The van der Waals surface area contributed by atoms with Crippen molar-refractivity contribution in [1.29, 1.82) is 0 Å². The van der Waals surface area contributed by atoms with Gasteiger partial charge in [-0.1, -0.05) is 0 Å². The monoisotopic (exact) mass is 369 g/mol. The van der Waals surface area contributed by atoms with Crippen LogP contribution in [0.3, 0.4) is 0 Å².